The molecule has 0 aliphatic carbocycles. The molecule has 0 amide bonds. The van der Waals surface area contributed by atoms with E-state index in [9.17, 15) is 18.4 Å². The summed E-state index contributed by atoms with van der Waals surface area (Å²) in [5.74, 6) is -2.47. The lowest BCUT2D eigenvalue weighted by molar-refractivity contribution is -0.149. The minimum absolute atomic E-state index is 0.00858. The average Bonchev–Trinajstić information content (AvgIpc) is 2.54. The van der Waals surface area contributed by atoms with Gasteiger partial charge in [-0.2, -0.15) is 0 Å². The van der Waals surface area contributed by atoms with E-state index in [2.05, 4.69) is 6.92 Å². The van der Waals surface area contributed by atoms with Crippen LogP contribution in [-0.2, 0) is 19.1 Å². The van der Waals surface area contributed by atoms with Crippen molar-refractivity contribution in [3.8, 4) is 0 Å². The summed E-state index contributed by atoms with van der Waals surface area (Å²) < 4.78 is 37.3. The second kappa shape index (κ2) is 11.6. The van der Waals surface area contributed by atoms with Gasteiger partial charge in [0.15, 0.2) is 0 Å². The maximum absolute atomic E-state index is 13.6. The summed E-state index contributed by atoms with van der Waals surface area (Å²) >= 11 is 0. The largest absolute Gasteiger partial charge is 0.466 e. The highest BCUT2D eigenvalue weighted by Gasteiger charge is 2.19. The van der Waals surface area contributed by atoms with Gasteiger partial charge in [-0.05, 0) is 31.9 Å². The average molecular weight is 356 g/mol. The molecule has 0 N–H and O–H groups in total. The molecule has 0 aromatic heterocycles. The second-order valence-corrected chi connectivity index (χ2v) is 5.90. The summed E-state index contributed by atoms with van der Waals surface area (Å²) in [4.78, 5) is 23.3. The smallest absolute Gasteiger partial charge is 0.306 e. The molecule has 0 saturated carbocycles. The predicted octanol–water partition coefficient (Wildman–Crippen LogP) is 4.86. The van der Waals surface area contributed by atoms with Crippen LogP contribution in [0, 0.1) is 11.6 Å². The molecule has 25 heavy (non-hydrogen) atoms. The van der Waals surface area contributed by atoms with Crippen molar-refractivity contribution in [3.05, 3.63) is 35.4 Å². The first-order valence-corrected chi connectivity index (χ1v) is 8.74. The molecule has 140 valence electrons. The van der Waals surface area contributed by atoms with Crippen molar-refractivity contribution in [2.45, 2.75) is 64.9 Å². The van der Waals surface area contributed by atoms with Gasteiger partial charge in [-0.3, -0.25) is 9.59 Å². The van der Waals surface area contributed by atoms with E-state index < -0.39 is 23.7 Å². The number of hydrogen-bond acceptors (Lipinski definition) is 4. The Kier molecular flexibility index (Phi) is 9.73. The first-order valence-electron chi connectivity index (χ1n) is 8.74. The Balaban J connectivity index is 2.25. The molecule has 0 radical (unpaired) electrons. The van der Waals surface area contributed by atoms with E-state index in [1.54, 1.807) is 0 Å². The number of benzene rings is 1. The topological polar surface area (TPSA) is 52.6 Å². The number of unbranched alkanes of at least 4 members (excludes halogenated alkanes) is 3. The minimum atomic E-state index is -1.03. The zero-order valence-corrected chi connectivity index (χ0v) is 14.9. The Labute approximate surface area is 147 Å². The predicted molar refractivity (Wildman–Crippen MR) is 89.8 cm³/mol. The van der Waals surface area contributed by atoms with Crippen LogP contribution in [-0.4, -0.2) is 18.5 Å². The van der Waals surface area contributed by atoms with Crippen LogP contribution in [0.25, 0.3) is 0 Å². The number of rotatable bonds is 11. The van der Waals surface area contributed by atoms with Crippen molar-refractivity contribution in [2.75, 3.05) is 6.61 Å². The van der Waals surface area contributed by atoms with E-state index in [1.165, 1.54) is 13.0 Å². The molecule has 1 aromatic carbocycles. The van der Waals surface area contributed by atoms with Crippen molar-refractivity contribution in [1.82, 2.24) is 0 Å². The number of carbonyl (C=O) groups is 2. The number of carbonyl (C=O) groups excluding carboxylic acids is 2. The summed E-state index contributed by atoms with van der Waals surface area (Å²) in [5.41, 5.74) is -0.276. The molecule has 0 heterocycles. The van der Waals surface area contributed by atoms with Gasteiger partial charge in [0.05, 0.1) is 12.2 Å². The van der Waals surface area contributed by atoms with E-state index in [4.69, 9.17) is 9.47 Å². The quantitative estimate of drug-likeness (QED) is 0.420. The summed E-state index contributed by atoms with van der Waals surface area (Å²) in [5, 5.41) is 0. The fourth-order valence-electron chi connectivity index (χ4n) is 2.38. The molecule has 1 unspecified atom stereocenters. The Bertz CT molecular complexity index is 540. The lowest BCUT2D eigenvalue weighted by Gasteiger charge is -2.15. The number of ether oxygens (including phenoxy) is 2. The lowest BCUT2D eigenvalue weighted by atomic mass is 10.1. The molecule has 0 aliphatic heterocycles. The molecule has 0 bridgehead atoms. The van der Waals surface area contributed by atoms with E-state index in [0.717, 1.165) is 37.8 Å². The Morgan fingerprint density at radius 2 is 1.64 bits per heavy atom. The standard InChI is InChI=1S/C19H26F2O4/c1-3-4-5-6-13-24-17(22)11-8-12-18(23)25-14(2)19-15(20)9-7-10-16(19)21/h7,9-10,14H,3-6,8,11-13H2,1-2H3. The van der Waals surface area contributed by atoms with Crippen molar-refractivity contribution in [1.29, 1.82) is 0 Å². The van der Waals surface area contributed by atoms with Gasteiger partial charge in [0, 0.05) is 12.8 Å². The van der Waals surface area contributed by atoms with Crippen LogP contribution in [0.15, 0.2) is 18.2 Å². The third-order valence-corrected chi connectivity index (χ3v) is 3.74. The minimum Gasteiger partial charge on any atom is -0.466 e. The zero-order chi connectivity index (χ0) is 18.7. The molecule has 1 atom stereocenters. The van der Waals surface area contributed by atoms with Crippen molar-refractivity contribution in [2.24, 2.45) is 0 Å². The summed E-state index contributed by atoms with van der Waals surface area (Å²) in [6, 6.07) is 3.47. The summed E-state index contributed by atoms with van der Waals surface area (Å²) in [6.07, 6.45) is 3.46. The third kappa shape index (κ3) is 8.09. The van der Waals surface area contributed by atoms with Crippen LogP contribution in [0.3, 0.4) is 0 Å². The highest BCUT2D eigenvalue weighted by atomic mass is 19.1. The molecular formula is C19H26F2O4. The number of hydrogen-bond donors (Lipinski definition) is 0. The molecular weight excluding hydrogens is 330 g/mol. The normalized spacial score (nSPS) is 11.8. The van der Waals surface area contributed by atoms with Crippen molar-refractivity contribution in [3.63, 3.8) is 0 Å². The van der Waals surface area contributed by atoms with E-state index in [1.807, 2.05) is 0 Å². The summed E-state index contributed by atoms with van der Waals surface area (Å²) in [6.45, 7) is 3.91. The molecule has 1 rings (SSSR count). The number of esters is 2. The second-order valence-electron chi connectivity index (χ2n) is 5.90. The van der Waals surface area contributed by atoms with Gasteiger partial charge in [-0.25, -0.2) is 8.78 Å². The van der Waals surface area contributed by atoms with Gasteiger partial charge >= 0.3 is 11.9 Å². The van der Waals surface area contributed by atoms with Gasteiger partial charge in [0.1, 0.15) is 17.7 Å². The zero-order valence-electron chi connectivity index (χ0n) is 14.9. The van der Waals surface area contributed by atoms with Crippen LogP contribution in [0.5, 0.6) is 0 Å². The lowest BCUT2D eigenvalue weighted by Crippen LogP contribution is -2.12. The van der Waals surface area contributed by atoms with E-state index in [0.29, 0.717) is 6.61 Å². The van der Waals surface area contributed by atoms with Crippen LogP contribution in [0.1, 0.15) is 70.5 Å². The maximum atomic E-state index is 13.6. The van der Waals surface area contributed by atoms with Gasteiger partial charge in [0.2, 0.25) is 0 Å². The fraction of sp³-hybridized carbons (Fsp3) is 0.579. The highest BCUT2D eigenvalue weighted by Crippen LogP contribution is 2.24. The molecule has 0 saturated heterocycles. The monoisotopic (exact) mass is 356 g/mol. The van der Waals surface area contributed by atoms with Crippen LogP contribution >= 0.6 is 0 Å². The first kappa shape index (κ1) is 21.1. The third-order valence-electron chi connectivity index (χ3n) is 3.74. The molecule has 6 heteroatoms. The highest BCUT2D eigenvalue weighted by molar-refractivity contribution is 5.72. The number of halogens is 2. The van der Waals surface area contributed by atoms with Crippen LogP contribution in [0.4, 0.5) is 8.78 Å². The Morgan fingerprint density at radius 1 is 1.00 bits per heavy atom. The van der Waals surface area contributed by atoms with Gasteiger partial charge < -0.3 is 9.47 Å². The maximum Gasteiger partial charge on any atom is 0.306 e. The Morgan fingerprint density at radius 3 is 2.28 bits per heavy atom. The molecule has 1 aromatic rings. The van der Waals surface area contributed by atoms with Crippen molar-refractivity contribution >= 4 is 11.9 Å². The Hall–Kier alpha value is -1.98. The molecule has 4 nitrogen and oxygen atoms in total. The van der Waals surface area contributed by atoms with Crippen LogP contribution in [0.2, 0.25) is 0 Å². The molecule has 0 fully saturated rings. The van der Waals surface area contributed by atoms with Crippen LogP contribution < -0.4 is 0 Å². The SMILES string of the molecule is CCCCCCOC(=O)CCCC(=O)OC(C)c1c(F)cccc1F. The van der Waals surface area contributed by atoms with Crippen molar-refractivity contribution < 1.29 is 27.8 Å². The summed E-state index contributed by atoms with van der Waals surface area (Å²) in [7, 11) is 0. The van der Waals surface area contributed by atoms with Gasteiger partial charge in [-0.15, -0.1) is 0 Å². The first-order chi connectivity index (χ1) is 12.0. The molecule has 0 spiro atoms. The van der Waals surface area contributed by atoms with E-state index in [-0.39, 0.29) is 30.8 Å². The van der Waals surface area contributed by atoms with E-state index >= 15 is 0 Å². The fourth-order valence-corrected chi connectivity index (χ4v) is 2.38. The van der Waals surface area contributed by atoms with Gasteiger partial charge in [0.25, 0.3) is 0 Å². The molecule has 0 aliphatic rings. The van der Waals surface area contributed by atoms with Gasteiger partial charge in [-0.1, -0.05) is 32.3 Å².